The average molecular weight is 494 g/mol. The lowest BCUT2D eigenvalue weighted by atomic mass is 10.0. The van der Waals surface area contributed by atoms with Gasteiger partial charge in [-0.05, 0) is 48.7 Å². The monoisotopic (exact) mass is 493 g/mol. The number of cyclic esters (lactones) is 1. The molecule has 2 amide bonds. The lowest BCUT2D eigenvalue weighted by Gasteiger charge is -2.22. The Morgan fingerprint density at radius 1 is 1.26 bits per heavy atom. The third-order valence-corrected chi connectivity index (χ3v) is 5.56. The molecule has 0 bridgehead atoms. The van der Waals surface area contributed by atoms with Gasteiger partial charge in [-0.25, -0.2) is 9.78 Å². The summed E-state index contributed by atoms with van der Waals surface area (Å²) in [7, 11) is 0. The van der Waals surface area contributed by atoms with E-state index in [9.17, 15) is 22.8 Å². The number of alkyl halides is 3. The molecule has 4 rings (SSSR count). The zero-order chi connectivity index (χ0) is 24.5. The van der Waals surface area contributed by atoms with Gasteiger partial charge in [-0.1, -0.05) is 35.9 Å². The Balaban J connectivity index is 1.37. The van der Waals surface area contributed by atoms with Crippen molar-refractivity contribution in [2.24, 2.45) is 0 Å². The maximum Gasteiger partial charge on any atom is 0.471 e. The molecule has 0 spiro atoms. The number of halogens is 4. The quantitative estimate of drug-likeness (QED) is 0.482. The minimum absolute atomic E-state index is 0.0598. The fraction of sp³-hybridized carbons (Fsp3) is 0.261. The molecule has 2 aromatic carbocycles. The predicted octanol–water partition coefficient (Wildman–Crippen LogP) is 5.62. The van der Waals surface area contributed by atoms with Crippen LogP contribution in [0.4, 0.5) is 23.8 Å². The Morgan fingerprint density at radius 3 is 2.68 bits per heavy atom. The summed E-state index contributed by atoms with van der Waals surface area (Å²) >= 11 is 6.04. The number of hydrogen-bond acceptors (Lipinski definition) is 5. The van der Waals surface area contributed by atoms with E-state index in [0.717, 1.165) is 17.3 Å². The van der Waals surface area contributed by atoms with Crippen LogP contribution in [-0.2, 0) is 16.0 Å². The molecule has 2 atom stereocenters. The first-order valence-corrected chi connectivity index (χ1v) is 10.6. The molecule has 1 N–H and O–H groups in total. The molecule has 11 heteroatoms. The SMILES string of the molecule is C[C@@H](Cc1ccc(-c2ncc(NC(=O)C(F)(F)F)o2)cc1)N1CC(c2cccc(Cl)c2)OC1=O. The summed E-state index contributed by atoms with van der Waals surface area (Å²) in [5.41, 5.74) is 2.27. The van der Waals surface area contributed by atoms with Crippen molar-refractivity contribution in [3.63, 3.8) is 0 Å². The number of nitrogens with one attached hydrogen (secondary N) is 1. The van der Waals surface area contributed by atoms with Gasteiger partial charge in [0.25, 0.3) is 0 Å². The van der Waals surface area contributed by atoms with Crippen LogP contribution in [0.15, 0.2) is 59.1 Å². The third-order valence-electron chi connectivity index (χ3n) is 5.32. The van der Waals surface area contributed by atoms with Gasteiger partial charge in [-0.15, -0.1) is 0 Å². The van der Waals surface area contributed by atoms with E-state index in [2.05, 4.69) is 4.98 Å². The molecule has 178 valence electrons. The van der Waals surface area contributed by atoms with E-state index in [4.69, 9.17) is 20.8 Å². The zero-order valence-electron chi connectivity index (χ0n) is 17.8. The van der Waals surface area contributed by atoms with Crippen LogP contribution >= 0.6 is 11.6 Å². The number of rotatable bonds is 6. The highest BCUT2D eigenvalue weighted by molar-refractivity contribution is 6.30. The number of carbonyl (C=O) groups is 2. The van der Waals surface area contributed by atoms with Crippen molar-refractivity contribution in [3.05, 3.63) is 70.9 Å². The molecule has 1 aliphatic rings. The van der Waals surface area contributed by atoms with Crippen molar-refractivity contribution in [1.82, 2.24) is 9.88 Å². The number of carbonyl (C=O) groups excluding carboxylic acids is 2. The highest BCUT2D eigenvalue weighted by Gasteiger charge is 2.39. The van der Waals surface area contributed by atoms with E-state index >= 15 is 0 Å². The van der Waals surface area contributed by atoms with Gasteiger partial charge in [0.1, 0.15) is 6.10 Å². The number of ether oxygens (including phenoxy) is 1. The second-order valence-electron chi connectivity index (χ2n) is 7.81. The fourth-order valence-corrected chi connectivity index (χ4v) is 3.80. The van der Waals surface area contributed by atoms with Crippen molar-refractivity contribution in [1.29, 1.82) is 0 Å². The number of aromatic nitrogens is 1. The molecule has 1 aromatic heterocycles. The Labute approximate surface area is 197 Å². The third kappa shape index (κ3) is 5.33. The Kier molecular flexibility index (Phi) is 6.52. The number of anilines is 1. The standard InChI is InChI=1S/C23H19ClF3N3O4/c1-13(30-12-18(33-22(30)32)16-3-2-4-17(24)10-16)9-14-5-7-15(8-6-14)20-28-11-19(34-20)29-21(31)23(25,26)27/h2-8,10-11,13,18H,9,12H2,1H3,(H,29,31)/t13-,18?/m0/s1. The fourth-order valence-electron chi connectivity index (χ4n) is 3.60. The lowest BCUT2D eigenvalue weighted by molar-refractivity contribution is -0.167. The number of nitrogens with zero attached hydrogens (tertiary/aromatic N) is 2. The van der Waals surface area contributed by atoms with Crippen molar-refractivity contribution in [2.75, 3.05) is 11.9 Å². The van der Waals surface area contributed by atoms with E-state index in [1.807, 2.05) is 13.0 Å². The van der Waals surface area contributed by atoms with Crippen LogP contribution in [-0.4, -0.2) is 40.6 Å². The number of oxazole rings is 1. The lowest BCUT2D eigenvalue weighted by Crippen LogP contribution is -2.35. The normalized spacial score (nSPS) is 16.9. The van der Waals surface area contributed by atoms with Crippen molar-refractivity contribution < 1.29 is 31.9 Å². The van der Waals surface area contributed by atoms with Crippen LogP contribution in [0.3, 0.4) is 0 Å². The van der Waals surface area contributed by atoms with Gasteiger partial charge in [0.2, 0.25) is 11.8 Å². The van der Waals surface area contributed by atoms with Gasteiger partial charge >= 0.3 is 18.2 Å². The Morgan fingerprint density at radius 2 is 2.00 bits per heavy atom. The molecule has 1 unspecified atom stereocenters. The summed E-state index contributed by atoms with van der Waals surface area (Å²) in [6.07, 6.45) is -4.27. The van der Waals surface area contributed by atoms with Crippen LogP contribution in [0.5, 0.6) is 0 Å². The first-order chi connectivity index (χ1) is 16.1. The number of benzene rings is 2. The van der Waals surface area contributed by atoms with Crippen LogP contribution in [0, 0.1) is 0 Å². The molecule has 1 aliphatic heterocycles. The van der Waals surface area contributed by atoms with Crippen molar-refractivity contribution >= 4 is 29.5 Å². The Hall–Kier alpha value is -3.53. The molecule has 34 heavy (non-hydrogen) atoms. The van der Waals surface area contributed by atoms with Crippen LogP contribution < -0.4 is 5.32 Å². The molecule has 2 heterocycles. The zero-order valence-corrected chi connectivity index (χ0v) is 18.6. The Bertz CT molecular complexity index is 1200. The number of hydrogen-bond donors (Lipinski definition) is 1. The van der Waals surface area contributed by atoms with Gasteiger partial charge in [-0.2, -0.15) is 13.2 Å². The van der Waals surface area contributed by atoms with Crippen LogP contribution in [0.1, 0.15) is 24.2 Å². The molecule has 0 aliphatic carbocycles. The summed E-state index contributed by atoms with van der Waals surface area (Å²) in [5.74, 6) is -2.49. The summed E-state index contributed by atoms with van der Waals surface area (Å²) < 4.78 is 47.8. The topological polar surface area (TPSA) is 84.7 Å². The number of amides is 2. The maximum absolute atomic E-state index is 12.4. The largest absolute Gasteiger partial charge is 0.471 e. The van der Waals surface area contributed by atoms with Gasteiger partial charge in [0, 0.05) is 16.6 Å². The van der Waals surface area contributed by atoms with E-state index in [0.29, 0.717) is 23.6 Å². The molecular formula is C23H19ClF3N3O4. The van der Waals surface area contributed by atoms with Crippen LogP contribution in [0.2, 0.25) is 5.02 Å². The molecule has 0 saturated carbocycles. The first-order valence-electron chi connectivity index (χ1n) is 10.3. The van der Waals surface area contributed by atoms with Gasteiger partial charge in [-0.3, -0.25) is 10.1 Å². The minimum Gasteiger partial charge on any atom is -0.439 e. The van der Waals surface area contributed by atoms with E-state index < -0.39 is 30.2 Å². The molecule has 0 radical (unpaired) electrons. The predicted molar refractivity (Wildman–Crippen MR) is 117 cm³/mol. The minimum atomic E-state index is -5.03. The summed E-state index contributed by atoms with van der Waals surface area (Å²) in [5, 5.41) is 2.18. The van der Waals surface area contributed by atoms with E-state index in [-0.39, 0.29) is 11.9 Å². The van der Waals surface area contributed by atoms with E-state index in [1.54, 1.807) is 52.7 Å². The van der Waals surface area contributed by atoms with Gasteiger partial charge in [0.05, 0.1) is 12.7 Å². The van der Waals surface area contributed by atoms with Gasteiger partial charge in [0.15, 0.2) is 0 Å². The summed E-state index contributed by atoms with van der Waals surface area (Å²) in [6, 6.07) is 14.0. The first kappa shape index (κ1) is 23.6. The second kappa shape index (κ2) is 9.38. The highest BCUT2D eigenvalue weighted by atomic mass is 35.5. The molecule has 7 nitrogen and oxygen atoms in total. The molecule has 1 saturated heterocycles. The summed E-state index contributed by atoms with van der Waals surface area (Å²) in [4.78, 5) is 29.0. The van der Waals surface area contributed by atoms with E-state index in [1.165, 1.54) is 0 Å². The van der Waals surface area contributed by atoms with Crippen LogP contribution in [0.25, 0.3) is 11.5 Å². The van der Waals surface area contributed by atoms with Crippen molar-refractivity contribution in [3.8, 4) is 11.5 Å². The molecule has 1 fully saturated rings. The molecular weight excluding hydrogens is 475 g/mol. The summed E-state index contributed by atoms with van der Waals surface area (Å²) in [6.45, 7) is 2.32. The van der Waals surface area contributed by atoms with Gasteiger partial charge < -0.3 is 14.1 Å². The highest BCUT2D eigenvalue weighted by Crippen LogP contribution is 2.30. The smallest absolute Gasteiger partial charge is 0.439 e. The molecule has 3 aromatic rings. The average Bonchev–Trinajstić information content (AvgIpc) is 3.40. The maximum atomic E-state index is 12.4. The van der Waals surface area contributed by atoms with Crippen molar-refractivity contribution in [2.45, 2.75) is 31.7 Å². The second-order valence-corrected chi connectivity index (χ2v) is 8.25.